The van der Waals surface area contributed by atoms with Crippen molar-refractivity contribution < 1.29 is 9.53 Å². The number of pyridine rings is 1. The van der Waals surface area contributed by atoms with Crippen molar-refractivity contribution in [3.05, 3.63) is 74.7 Å². The van der Waals surface area contributed by atoms with Crippen molar-refractivity contribution in [3.63, 3.8) is 0 Å². The fraction of sp³-hybridized carbons (Fsp3) is 0.158. The summed E-state index contributed by atoms with van der Waals surface area (Å²) in [6, 6.07) is 10.7. The van der Waals surface area contributed by atoms with Crippen LogP contribution >= 0.6 is 15.9 Å². The number of nitrogens with zero attached hydrogens (tertiary/aromatic N) is 2. The maximum absolute atomic E-state index is 12.4. The predicted octanol–water partition coefficient (Wildman–Crippen LogP) is 2.58. The van der Waals surface area contributed by atoms with E-state index in [9.17, 15) is 9.59 Å². The molecule has 0 radical (unpaired) electrons. The number of hydrogen-bond donors (Lipinski definition) is 2. The topological polar surface area (TPSA) is 97.0 Å². The third kappa shape index (κ3) is 4.59. The zero-order chi connectivity index (χ0) is 19.2. The highest BCUT2D eigenvalue weighted by molar-refractivity contribution is 9.10. The van der Waals surface area contributed by atoms with Gasteiger partial charge in [0.15, 0.2) is 0 Å². The lowest BCUT2D eigenvalue weighted by molar-refractivity contribution is 0.0952. The zero-order valence-electron chi connectivity index (χ0n) is 14.5. The van der Waals surface area contributed by atoms with Crippen molar-refractivity contribution in [2.45, 2.75) is 6.42 Å². The summed E-state index contributed by atoms with van der Waals surface area (Å²) in [6.45, 7) is 0.359. The second kappa shape index (κ2) is 8.59. The van der Waals surface area contributed by atoms with Crippen LogP contribution in [0, 0.1) is 0 Å². The standard InChI is InChI=1S/C19H17BrN4O3/c1-27-17-3-2-14(20)10-13(17)6-9-22-18(25)15-11-16(23-24-19(15)26)12-4-7-21-8-5-12/h2-5,7-8,10-11H,6,9H2,1H3,(H,22,25)(H,24,26). The van der Waals surface area contributed by atoms with Crippen LogP contribution in [0.3, 0.4) is 0 Å². The predicted molar refractivity (Wildman–Crippen MR) is 105 cm³/mol. The van der Waals surface area contributed by atoms with E-state index in [4.69, 9.17) is 4.74 Å². The number of benzene rings is 1. The minimum Gasteiger partial charge on any atom is -0.496 e. The van der Waals surface area contributed by atoms with Crippen LogP contribution in [0.25, 0.3) is 11.3 Å². The number of carbonyl (C=O) groups excluding carboxylic acids is 1. The number of rotatable bonds is 6. The van der Waals surface area contributed by atoms with E-state index in [1.165, 1.54) is 6.07 Å². The van der Waals surface area contributed by atoms with Crippen molar-refractivity contribution in [1.82, 2.24) is 20.5 Å². The van der Waals surface area contributed by atoms with Crippen molar-refractivity contribution in [2.24, 2.45) is 0 Å². The van der Waals surface area contributed by atoms with Crippen molar-refractivity contribution >= 4 is 21.8 Å². The first-order valence-electron chi connectivity index (χ1n) is 8.19. The minimum atomic E-state index is -0.537. The van der Waals surface area contributed by atoms with E-state index in [0.717, 1.165) is 21.3 Å². The molecule has 0 spiro atoms. The lowest BCUT2D eigenvalue weighted by atomic mass is 10.1. The number of halogens is 1. The van der Waals surface area contributed by atoms with E-state index in [1.54, 1.807) is 31.6 Å². The molecule has 0 saturated heterocycles. The monoisotopic (exact) mass is 428 g/mol. The smallest absolute Gasteiger partial charge is 0.277 e. The first kappa shape index (κ1) is 18.8. The summed E-state index contributed by atoms with van der Waals surface area (Å²) in [5.74, 6) is 0.289. The number of carbonyl (C=O) groups is 1. The fourth-order valence-electron chi connectivity index (χ4n) is 2.59. The second-order valence-electron chi connectivity index (χ2n) is 5.69. The van der Waals surface area contributed by atoms with Crippen LogP contribution in [-0.4, -0.2) is 34.7 Å². The SMILES string of the molecule is COc1ccc(Br)cc1CCNC(=O)c1cc(-c2ccncc2)n[nH]c1=O. The molecule has 0 unspecified atom stereocenters. The van der Waals surface area contributed by atoms with Gasteiger partial charge in [0.2, 0.25) is 0 Å². The number of aromatic nitrogens is 3. The van der Waals surface area contributed by atoms with Gasteiger partial charge in [0.05, 0.1) is 12.8 Å². The Balaban J connectivity index is 1.72. The van der Waals surface area contributed by atoms with Crippen LogP contribution < -0.4 is 15.6 Å². The fourth-order valence-corrected chi connectivity index (χ4v) is 3.00. The van der Waals surface area contributed by atoms with Gasteiger partial charge in [0, 0.05) is 29.0 Å². The van der Waals surface area contributed by atoms with Crippen LogP contribution in [0.5, 0.6) is 5.75 Å². The van der Waals surface area contributed by atoms with Gasteiger partial charge in [-0.1, -0.05) is 15.9 Å². The molecular weight excluding hydrogens is 412 g/mol. The number of amides is 1. The molecule has 2 heterocycles. The molecule has 0 fully saturated rings. The summed E-state index contributed by atoms with van der Waals surface area (Å²) in [5, 5.41) is 9.12. The van der Waals surface area contributed by atoms with E-state index in [-0.39, 0.29) is 5.56 Å². The van der Waals surface area contributed by atoms with Crippen LogP contribution in [0.1, 0.15) is 15.9 Å². The first-order valence-corrected chi connectivity index (χ1v) is 8.98. The average Bonchev–Trinajstić information content (AvgIpc) is 2.69. The van der Waals surface area contributed by atoms with Gasteiger partial charge < -0.3 is 10.1 Å². The van der Waals surface area contributed by atoms with Crippen molar-refractivity contribution in [2.75, 3.05) is 13.7 Å². The van der Waals surface area contributed by atoms with E-state index >= 15 is 0 Å². The molecule has 3 aromatic rings. The zero-order valence-corrected chi connectivity index (χ0v) is 16.1. The number of H-pyrrole nitrogens is 1. The molecule has 0 aliphatic heterocycles. The molecule has 1 aromatic carbocycles. The molecule has 2 N–H and O–H groups in total. The highest BCUT2D eigenvalue weighted by Crippen LogP contribution is 2.23. The number of ether oxygens (including phenoxy) is 1. The number of methoxy groups -OCH3 is 1. The Hall–Kier alpha value is -3.00. The molecule has 2 aromatic heterocycles. The summed E-state index contributed by atoms with van der Waals surface area (Å²) in [7, 11) is 1.60. The molecular formula is C19H17BrN4O3. The van der Waals surface area contributed by atoms with Crippen LogP contribution in [0.15, 0.2) is 58.1 Å². The maximum atomic E-state index is 12.4. The van der Waals surface area contributed by atoms with Gasteiger partial charge in [-0.15, -0.1) is 0 Å². The lowest BCUT2D eigenvalue weighted by Gasteiger charge is -2.10. The van der Waals surface area contributed by atoms with Crippen molar-refractivity contribution in [3.8, 4) is 17.0 Å². The normalized spacial score (nSPS) is 10.4. The van der Waals surface area contributed by atoms with E-state index in [1.807, 2.05) is 18.2 Å². The van der Waals surface area contributed by atoms with Gasteiger partial charge in [-0.2, -0.15) is 5.10 Å². The molecule has 138 valence electrons. The van der Waals surface area contributed by atoms with Gasteiger partial charge in [0.1, 0.15) is 11.3 Å². The van der Waals surface area contributed by atoms with Crippen LogP contribution in [0.2, 0.25) is 0 Å². The molecule has 0 saturated carbocycles. The van der Waals surface area contributed by atoms with Crippen molar-refractivity contribution in [1.29, 1.82) is 0 Å². The Morgan fingerprint density at radius 3 is 2.74 bits per heavy atom. The molecule has 3 rings (SSSR count). The Morgan fingerprint density at radius 2 is 2.00 bits per heavy atom. The molecule has 0 atom stereocenters. The lowest BCUT2D eigenvalue weighted by Crippen LogP contribution is -2.31. The summed E-state index contributed by atoms with van der Waals surface area (Å²) < 4.78 is 6.25. The maximum Gasteiger partial charge on any atom is 0.277 e. The highest BCUT2D eigenvalue weighted by atomic mass is 79.9. The minimum absolute atomic E-state index is 0.0121. The molecule has 0 aliphatic carbocycles. The third-order valence-corrected chi connectivity index (χ3v) is 4.44. The molecule has 7 nitrogen and oxygen atoms in total. The quantitative estimate of drug-likeness (QED) is 0.628. The summed E-state index contributed by atoms with van der Waals surface area (Å²) in [5.41, 5.74) is 1.68. The third-order valence-electron chi connectivity index (χ3n) is 3.95. The van der Waals surface area contributed by atoms with Gasteiger partial charge >= 0.3 is 0 Å². The van der Waals surface area contributed by atoms with Crippen LogP contribution in [-0.2, 0) is 6.42 Å². The molecule has 27 heavy (non-hydrogen) atoms. The average molecular weight is 429 g/mol. The van der Waals surface area contributed by atoms with E-state index in [0.29, 0.717) is 18.7 Å². The number of hydrogen-bond acceptors (Lipinski definition) is 5. The van der Waals surface area contributed by atoms with Gasteiger partial charge in [-0.25, -0.2) is 5.10 Å². The highest BCUT2D eigenvalue weighted by Gasteiger charge is 2.13. The molecule has 1 amide bonds. The summed E-state index contributed by atoms with van der Waals surface area (Å²) in [6.07, 6.45) is 3.80. The largest absolute Gasteiger partial charge is 0.496 e. The number of aromatic amines is 1. The Kier molecular flexibility index (Phi) is 5.97. The van der Waals surface area contributed by atoms with Gasteiger partial charge in [-0.3, -0.25) is 14.6 Å². The summed E-state index contributed by atoms with van der Waals surface area (Å²) >= 11 is 3.42. The first-order chi connectivity index (χ1) is 13.1. The van der Waals surface area contributed by atoms with Gasteiger partial charge in [0.25, 0.3) is 11.5 Å². The molecule has 0 bridgehead atoms. The number of nitrogens with one attached hydrogen (secondary N) is 2. The summed E-state index contributed by atoms with van der Waals surface area (Å²) in [4.78, 5) is 28.4. The second-order valence-corrected chi connectivity index (χ2v) is 6.61. The van der Waals surface area contributed by atoms with Gasteiger partial charge in [-0.05, 0) is 48.4 Å². The Morgan fingerprint density at radius 1 is 1.22 bits per heavy atom. The molecule has 8 heteroatoms. The van der Waals surface area contributed by atoms with E-state index < -0.39 is 11.5 Å². The van der Waals surface area contributed by atoms with E-state index in [2.05, 4.69) is 36.4 Å². The van der Waals surface area contributed by atoms with Crippen LogP contribution in [0.4, 0.5) is 0 Å². The molecule has 0 aliphatic rings. The Bertz CT molecular complexity index is 1010. The Labute approximate surface area is 163 Å².